The lowest BCUT2D eigenvalue weighted by Crippen LogP contribution is -1.91. The van der Waals surface area contributed by atoms with Crippen LogP contribution in [-0.4, -0.2) is 10.8 Å². The van der Waals surface area contributed by atoms with E-state index in [-0.39, 0.29) is 5.78 Å². The molecule has 0 amide bonds. The smallest absolute Gasteiger partial charge is 0.172 e. The minimum absolute atomic E-state index is 0.0844. The van der Waals surface area contributed by atoms with Crippen LogP contribution in [0, 0.1) is 13.8 Å². The second-order valence-electron chi connectivity index (χ2n) is 3.83. The number of nitrogens with zero attached hydrogens (tertiary/aromatic N) is 1. The van der Waals surface area contributed by atoms with Crippen molar-refractivity contribution in [2.45, 2.75) is 20.8 Å². The van der Waals surface area contributed by atoms with Gasteiger partial charge >= 0.3 is 0 Å². The van der Waals surface area contributed by atoms with Gasteiger partial charge < -0.3 is 0 Å². The van der Waals surface area contributed by atoms with Crippen molar-refractivity contribution in [2.24, 2.45) is 0 Å². The number of hydrogen-bond acceptors (Lipinski definition) is 3. The predicted octanol–water partition coefficient (Wildman–Crippen LogP) is 3.63. The molecule has 1 heterocycles. The van der Waals surface area contributed by atoms with Crippen molar-refractivity contribution in [3.8, 4) is 11.3 Å². The molecule has 0 aliphatic heterocycles. The zero-order valence-corrected chi connectivity index (χ0v) is 10.4. The van der Waals surface area contributed by atoms with E-state index in [2.05, 4.69) is 4.98 Å². The Balaban J connectivity index is 2.55. The van der Waals surface area contributed by atoms with Crippen molar-refractivity contribution >= 4 is 17.1 Å². The summed E-state index contributed by atoms with van der Waals surface area (Å²) in [6.45, 7) is 5.56. The first-order valence-corrected chi connectivity index (χ1v) is 5.95. The lowest BCUT2D eigenvalue weighted by Gasteiger charge is -2.00. The molecule has 3 heteroatoms. The van der Waals surface area contributed by atoms with Crippen molar-refractivity contribution in [1.29, 1.82) is 0 Å². The lowest BCUT2D eigenvalue weighted by molar-refractivity contribution is 0.102. The average molecular weight is 231 g/mol. The quantitative estimate of drug-likeness (QED) is 0.739. The van der Waals surface area contributed by atoms with Gasteiger partial charge in [-0.2, -0.15) is 0 Å². The predicted molar refractivity (Wildman–Crippen MR) is 67.0 cm³/mol. The highest BCUT2D eigenvalue weighted by Crippen LogP contribution is 2.28. The summed E-state index contributed by atoms with van der Waals surface area (Å²) >= 11 is 1.46. The fourth-order valence-corrected chi connectivity index (χ4v) is 2.41. The molecule has 0 saturated heterocycles. The van der Waals surface area contributed by atoms with Crippen LogP contribution in [0.25, 0.3) is 11.3 Å². The molecule has 0 unspecified atom stereocenters. The van der Waals surface area contributed by atoms with E-state index in [1.54, 1.807) is 6.92 Å². The van der Waals surface area contributed by atoms with Gasteiger partial charge in [0.05, 0.1) is 15.6 Å². The van der Waals surface area contributed by atoms with Gasteiger partial charge in [0.15, 0.2) is 5.78 Å². The Hall–Kier alpha value is -1.48. The summed E-state index contributed by atoms with van der Waals surface area (Å²) in [6.07, 6.45) is 0. The second kappa shape index (κ2) is 4.18. The molecule has 0 radical (unpaired) electrons. The maximum atomic E-state index is 11.5. The molecule has 0 spiro atoms. The van der Waals surface area contributed by atoms with Gasteiger partial charge in [0.1, 0.15) is 0 Å². The van der Waals surface area contributed by atoms with Crippen LogP contribution in [0.3, 0.4) is 0 Å². The highest BCUT2D eigenvalue weighted by atomic mass is 32.1. The summed E-state index contributed by atoms with van der Waals surface area (Å²) in [4.78, 5) is 16.7. The van der Waals surface area contributed by atoms with Gasteiger partial charge in [-0.05, 0) is 13.8 Å². The fraction of sp³-hybridized carbons (Fsp3) is 0.231. The van der Waals surface area contributed by atoms with E-state index in [1.165, 1.54) is 16.9 Å². The van der Waals surface area contributed by atoms with Crippen LogP contribution < -0.4 is 0 Å². The normalized spacial score (nSPS) is 10.4. The maximum Gasteiger partial charge on any atom is 0.172 e. The van der Waals surface area contributed by atoms with Crippen LogP contribution in [0.1, 0.15) is 27.2 Å². The zero-order valence-electron chi connectivity index (χ0n) is 9.57. The van der Waals surface area contributed by atoms with Crippen molar-refractivity contribution in [3.63, 3.8) is 0 Å². The van der Waals surface area contributed by atoms with Crippen molar-refractivity contribution in [3.05, 3.63) is 39.7 Å². The summed E-state index contributed by atoms with van der Waals surface area (Å²) in [7, 11) is 0. The Morgan fingerprint density at radius 3 is 2.38 bits per heavy atom. The van der Waals surface area contributed by atoms with Crippen LogP contribution in [0.15, 0.2) is 24.3 Å². The third-order valence-corrected chi connectivity index (χ3v) is 3.45. The number of Topliss-reactive ketones (excluding diaryl/α,β-unsaturated/α-hetero) is 1. The van der Waals surface area contributed by atoms with Gasteiger partial charge in [-0.3, -0.25) is 4.79 Å². The summed E-state index contributed by atoms with van der Waals surface area (Å²) in [5.74, 6) is 0.0844. The summed E-state index contributed by atoms with van der Waals surface area (Å²) in [6, 6.07) is 8.09. The highest BCUT2D eigenvalue weighted by molar-refractivity contribution is 7.14. The lowest BCUT2D eigenvalue weighted by atomic mass is 10.1. The Morgan fingerprint density at radius 2 is 1.81 bits per heavy atom. The fourth-order valence-electron chi connectivity index (χ4n) is 1.57. The number of rotatable bonds is 2. The van der Waals surface area contributed by atoms with E-state index in [1.807, 2.05) is 38.1 Å². The molecule has 0 fully saturated rings. The molecule has 0 N–H and O–H groups in total. The van der Waals surface area contributed by atoms with Gasteiger partial charge in [0.2, 0.25) is 0 Å². The molecule has 2 rings (SSSR count). The number of ketones is 1. The molecule has 0 atom stereocenters. The highest BCUT2D eigenvalue weighted by Gasteiger charge is 2.14. The Labute approximate surface area is 99.0 Å². The van der Waals surface area contributed by atoms with Gasteiger partial charge in [-0.15, -0.1) is 11.3 Å². The molecule has 0 saturated carbocycles. The molecule has 82 valence electrons. The van der Waals surface area contributed by atoms with Gasteiger partial charge in [0.25, 0.3) is 0 Å². The number of thiazole rings is 1. The first-order chi connectivity index (χ1) is 7.58. The number of aryl methyl sites for hydroxylation is 2. The standard InChI is InChI=1S/C13H13NOS/c1-8-4-6-11(7-5-8)12-13(9(2)15)16-10(3)14-12/h4-7H,1-3H3. The molecule has 2 aromatic rings. The van der Waals surface area contributed by atoms with E-state index >= 15 is 0 Å². The van der Waals surface area contributed by atoms with Crippen molar-refractivity contribution in [1.82, 2.24) is 4.98 Å². The Kier molecular flexibility index (Phi) is 2.88. The molecule has 0 aliphatic rings. The maximum absolute atomic E-state index is 11.5. The van der Waals surface area contributed by atoms with E-state index in [9.17, 15) is 4.79 Å². The Morgan fingerprint density at radius 1 is 1.19 bits per heavy atom. The van der Waals surface area contributed by atoms with E-state index in [0.29, 0.717) is 0 Å². The van der Waals surface area contributed by atoms with Crippen LogP contribution >= 0.6 is 11.3 Å². The number of benzene rings is 1. The molecular formula is C13H13NOS. The van der Waals surface area contributed by atoms with Crippen LogP contribution in [0.5, 0.6) is 0 Å². The molecule has 1 aromatic heterocycles. The molecule has 1 aromatic carbocycles. The zero-order chi connectivity index (χ0) is 11.7. The summed E-state index contributed by atoms with van der Waals surface area (Å²) in [5.41, 5.74) is 3.04. The Bertz CT molecular complexity index is 525. The largest absolute Gasteiger partial charge is 0.294 e. The van der Waals surface area contributed by atoms with Crippen molar-refractivity contribution < 1.29 is 4.79 Å². The topological polar surface area (TPSA) is 30.0 Å². The second-order valence-corrected chi connectivity index (χ2v) is 5.04. The number of aromatic nitrogens is 1. The molecular weight excluding hydrogens is 218 g/mol. The first-order valence-electron chi connectivity index (χ1n) is 5.13. The number of hydrogen-bond donors (Lipinski definition) is 0. The van der Waals surface area contributed by atoms with E-state index < -0.39 is 0 Å². The molecule has 2 nitrogen and oxygen atoms in total. The van der Waals surface area contributed by atoms with Crippen LogP contribution in [0.2, 0.25) is 0 Å². The minimum atomic E-state index is 0.0844. The van der Waals surface area contributed by atoms with Crippen molar-refractivity contribution in [2.75, 3.05) is 0 Å². The monoisotopic (exact) mass is 231 g/mol. The number of carbonyl (C=O) groups excluding carboxylic acids is 1. The van der Waals surface area contributed by atoms with Gasteiger partial charge in [-0.25, -0.2) is 4.98 Å². The van der Waals surface area contributed by atoms with Crippen LogP contribution in [-0.2, 0) is 0 Å². The van der Waals surface area contributed by atoms with Gasteiger partial charge in [-0.1, -0.05) is 29.8 Å². The van der Waals surface area contributed by atoms with Gasteiger partial charge in [0, 0.05) is 12.5 Å². The van der Waals surface area contributed by atoms with E-state index in [0.717, 1.165) is 21.1 Å². The summed E-state index contributed by atoms with van der Waals surface area (Å²) < 4.78 is 0. The molecule has 16 heavy (non-hydrogen) atoms. The molecule has 0 aliphatic carbocycles. The minimum Gasteiger partial charge on any atom is -0.294 e. The third kappa shape index (κ3) is 2.04. The summed E-state index contributed by atoms with van der Waals surface area (Å²) in [5, 5.41) is 0.931. The van der Waals surface area contributed by atoms with E-state index in [4.69, 9.17) is 0 Å². The average Bonchev–Trinajstić information content (AvgIpc) is 2.61. The molecule has 0 bridgehead atoms. The SMILES string of the molecule is CC(=O)c1sc(C)nc1-c1ccc(C)cc1. The van der Waals surface area contributed by atoms with Crippen LogP contribution in [0.4, 0.5) is 0 Å². The third-order valence-electron chi connectivity index (χ3n) is 2.38. The number of carbonyl (C=O) groups is 1. The first kappa shape index (κ1) is 11.0.